The van der Waals surface area contributed by atoms with Gasteiger partial charge < -0.3 is 0 Å². The molecular weight excluding hydrogens is 82.0 g/mol. The van der Waals surface area contributed by atoms with Crippen LogP contribution in [0.2, 0.25) is 0 Å². The summed E-state index contributed by atoms with van der Waals surface area (Å²) in [4.78, 5) is 3.28. The second-order valence-corrected chi connectivity index (χ2v) is 0.572. The van der Waals surface area contributed by atoms with Gasteiger partial charge in [0.15, 0.2) is 0 Å². The Morgan fingerprint density at radius 1 is 1.83 bits per heavy atom. The predicted octanol–water partition coefficient (Wildman–Crippen LogP) is 0.648. The van der Waals surface area contributed by atoms with Crippen LogP contribution in [0.25, 0.3) is 0 Å². The molecule has 0 spiro atoms. The van der Waals surface area contributed by atoms with Crippen LogP contribution < -0.4 is 0 Å². The summed E-state index contributed by atoms with van der Waals surface area (Å²) in [5, 5.41) is 10.4. The zero-order chi connectivity index (χ0) is 4.83. The quantitative estimate of drug-likeness (QED) is 0.305. The SMILES string of the molecule is C=CC=NOO. The summed E-state index contributed by atoms with van der Waals surface area (Å²) in [6, 6.07) is 0. The standard InChI is InChI=1S/C3H5NO2/c1-2-3-4-6-5/h2-3,5H,1H2. The van der Waals surface area contributed by atoms with E-state index in [0.29, 0.717) is 0 Å². The minimum absolute atomic E-state index is 1.22. The topological polar surface area (TPSA) is 41.8 Å². The molecule has 3 nitrogen and oxygen atoms in total. The van der Waals surface area contributed by atoms with Crippen molar-refractivity contribution in [2.45, 2.75) is 0 Å². The van der Waals surface area contributed by atoms with Gasteiger partial charge in [-0.15, -0.1) is 0 Å². The Bertz CT molecular complexity index is 59.8. The van der Waals surface area contributed by atoms with Gasteiger partial charge in [0, 0.05) is 0 Å². The number of oxime groups is 1. The van der Waals surface area contributed by atoms with Gasteiger partial charge >= 0.3 is 0 Å². The first-order valence-corrected chi connectivity index (χ1v) is 1.36. The second kappa shape index (κ2) is 4.17. The summed E-state index contributed by atoms with van der Waals surface area (Å²) in [5.74, 6) is 0. The molecule has 0 unspecified atom stereocenters. The lowest BCUT2D eigenvalue weighted by Crippen LogP contribution is -1.66. The van der Waals surface area contributed by atoms with Gasteiger partial charge in [0.05, 0.1) is 6.21 Å². The molecule has 1 N–H and O–H groups in total. The first-order valence-electron chi connectivity index (χ1n) is 1.36. The van der Waals surface area contributed by atoms with E-state index in [1.54, 1.807) is 0 Å². The molecule has 0 bridgehead atoms. The Hall–Kier alpha value is -0.830. The average Bonchev–Trinajstić information content (AvgIpc) is 1.61. The highest BCUT2D eigenvalue weighted by Crippen LogP contribution is 1.60. The van der Waals surface area contributed by atoms with Crippen molar-refractivity contribution in [1.82, 2.24) is 0 Å². The lowest BCUT2D eigenvalue weighted by atomic mass is 10.7. The third-order valence-electron chi connectivity index (χ3n) is 0.213. The molecule has 0 atom stereocenters. The molecule has 0 amide bonds. The van der Waals surface area contributed by atoms with E-state index in [2.05, 4.69) is 16.7 Å². The van der Waals surface area contributed by atoms with Crippen LogP contribution in [0, 0.1) is 0 Å². The molecule has 0 aromatic heterocycles. The van der Waals surface area contributed by atoms with Crippen LogP contribution in [-0.4, -0.2) is 11.5 Å². The van der Waals surface area contributed by atoms with Crippen LogP contribution in [0.15, 0.2) is 17.8 Å². The van der Waals surface area contributed by atoms with E-state index in [1.165, 1.54) is 12.3 Å². The number of rotatable bonds is 2. The number of hydrogen-bond acceptors (Lipinski definition) is 3. The Morgan fingerprint density at radius 3 is 2.67 bits per heavy atom. The second-order valence-electron chi connectivity index (χ2n) is 0.572. The minimum atomic E-state index is 1.22. The zero-order valence-corrected chi connectivity index (χ0v) is 3.16. The molecule has 0 aromatic carbocycles. The molecule has 6 heavy (non-hydrogen) atoms. The van der Waals surface area contributed by atoms with Crippen molar-refractivity contribution in [3.05, 3.63) is 12.7 Å². The molecular formula is C3H5NO2. The van der Waals surface area contributed by atoms with Crippen LogP contribution in [-0.2, 0) is 4.99 Å². The normalized spacial score (nSPS) is 8.83. The first-order chi connectivity index (χ1) is 2.91. The summed E-state index contributed by atoms with van der Waals surface area (Å²) >= 11 is 0. The Kier molecular flexibility index (Phi) is 3.59. The van der Waals surface area contributed by atoms with Gasteiger partial charge in [-0.1, -0.05) is 11.7 Å². The third kappa shape index (κ3) is 3.17. The summed E-state index contributed by atoms with van der Waals surface area (Å²) in [6.07, 6.45) is 2.61. The fourth-order valence-corrected chi connectivity index (χ4v) is 0.0702. The number of allylic oxidation sites excluding steroid dienone is 1. The molecule has 0 heterocycles. The van der Waals surface area contributed by atoms with Crippen molar-refractivity contribution in [1.29, 1.82) is 0 Å². The van der Waals surface area contributed by atoms with Crippen LogP contribution >= 0.6 is 0 Å². The van der Waals surface area contributed by atoms with Gasteiger partial charge in [-0.3, -0.25) is 0 Å². The summed E-state index contributed by atoms with van der Waals surface area (Å²) in [5.41, 5.74) is 0. The van der Waals surface area contributed by atoms with E-state index in [1.807, 2.05) is 0 Å². The van der Waals surface area contributed by atoms with Crippen molar-refractivity contribution in [2.75, 3.05) is 0 Å². The highest BCUT2D eigenvalue weighted by Gasteiger charge is 1.54. The number of hydrogen-bond donors (Lipinski definition) is 1. The van der Waals surface area contributed by atoms with Crippen LogP contribution in [0.3, 0.4) is 0 Å². The average molecular weight is 87.1 g/mol. The molecule has 0 saturated carbocycles. The van der Waals surface area contributed by atoms with Crippen LogP contribution in [0.4, 0.5) is 0 Å². The molecule has 0 aromatic rings. The third-order valence-corrected chi connectivity index (χ3v) is 0.213. The molecule has 0 aliphatic heterocycles. The van der Waals surface area contributed by atoms with E-state index in [0.717, 1.165) is 0 Å². The fraction of sp³-hybridized carbons (Fsp3) is 0. The molecule has 0 radical (unpaired) electrons. The largest absolute Gasteiger partial charge is 0.223 e. The Labute approximate surface area is 35.5 Å². The molecule has 3 heteroatoms. The first kappa shape index (κ1) is 5.17. The van der Waals surface area contributed by atoms with Gasteiger partial charge in [0.2, 0.25) is 0 Å². The van der Waals surface area contributed by atoms with Crippen molar-refractivity contribution < 1.29 is 10.2 Å². The summed E-state index contributed by atoms with van der Waals surface area (Å²) < 4.78 is 0. The highest BCUT2D eigenvalue weighted by molar-refractivity contribution is 5.69. The van der Waals surface area contributed by atoms with E-state index in [4.69, 9.17) is 5.26 Å². The molecule has 0 fully saturated rings. The van der Waals surface area contributed by atoms with E-state index in [9.17, 15) is 0 Å². The zero-order valence-electron chi connectivity index (χ0n) is 3.16. The van der Waals surface area contributed by atoms with Gasteiger partial charge in [0.1, 0.15) is 0 Å². The van der Waals surface area contributed by atoms with Crippen molar-refractivity contribution in [3.63, 3.8) is 0 Å². The highest BCUT2D eigenvalue weighted by atomic mass is 17.2. The summed E-state index contributed by atoms with van der Waals surface area (Å²) in [7, 11) is 0. The number of nitrogens with zero attached hydrogens (tertiary/aromatic N) is 1. The molecule has 0 aliphatic carbocycles. The molecule has 0 saturated heterocycles. The van der Waals surface area contributed by atoms with E-state index in [-0.39, 0.29) is 0 Å². The van der Waals surface area contributed by atoms with Crippen LogP contribution in [0.1, 0.15) is 0 Å². The van der Waals surface area contributed by atoms with Crippen molar-refractivity contribution in [2.24, 2.45) is 5.16 Å². The Balaban J connectivity index is 2.94. The minimum Gasteiger partial charge on any atom is -0.223 e. The van der Waals surface area contributed by atoms with Gasteiger partial charge in [-0.2, -0.15) is 5.26 Å². The predicted molar refractivity (Wildman–Crippen MR) is 22.4 cm³/mol. The van der Waals surface area contributed by atoms with E-state index < -0.39 is 0 Å². The fourth-order valence-electron chi connectivity index (χ4n) is 0.0702. The van der Waals surface area contributed by atoms with Gasteiger partial charge in [-0.25, -0.2) is 4.99 Å². The van der Waals surface area contributed by atoms with Crippen LogP contribution in [0.5, 0.6) is 0 Å². The van der Waals surface area contributed by atoms with E-state index >= 15 is 0 Å². The molecule has 0 rings (SSSR count). The van der Waals surface area contributed by atoms with Gasteiger partial charge in [-0.05, 0) is 6.08 Å². The maximum Gasteiger partial charge on any atom is 0.0696 e. The summed E-state index contributed by atoms with van der Waals surface area (Å²) in [6.45, 7) is 3.26. The van der Waals surface area contributed by atoms with Crippen molar-refractivity contribution >= 4 is 6.21 Å². The smallest absolute Gasteiger partial charge is 0.0696 e. The Morgan fingerprint density at radius 2 is 2.50 bits per heavy atom. The maximum absolute atomic E-state index is 7.45. The maximum atomic E-state index is 7.45. The molecule has 0 aliphatic rings. The lowest BCUT2D eigenvalue weighted by Gasteiger charge is -1.72. The lowest BCUT2D eigenvalue weighted by molar-refractivity contribution is -0.242. The van der Waals surface area contributed by atoms with Crippen molar-refractivity contribution in [3.8, 4) is 0 Å². The van der Waals surface area contributed by atoms with Gasteiger partial charge in [0.25, 0.3) is 0 Å². The molecule has 34 valence electrons. The monoisotopic (exact) mass is 87.0 g/mol.